The molecule has 6 heteroatoms. The molecule has 30 heavy (non-hydrogen) atoms. The molecule has 0 unspecified atom stereocenters. The molecule has 1 aromatic carbocycles. The number of fused-ring (bicyclic) bond motifs is 1. The SMILES string of the molecule is CN=C(NCCc1c[nH]c2c(C)cccc12)N1CCC(OCC2CCCC2)CC1.I. The summed E-state index contributed by atoms with van der Waals surface area (Å²) in [5.74, 6) is 1.84. The second kappa shape index (κ2) is 11.4. The zero-order valence-electron chi connectivity index (χ0n) is 18.5. The number of guanidine groups is 1. The first kappa shape index (κ1) is 23.4. The summed E-state index contributed by atoms with van der Waals surface area (Å²) < 4.78 is 6.22. The molecule has 5 nitrogen and oxygen atoms in total. The van der Waals surface area contributed by atoms with Crippen molar-refractivity contribution in [3.8, 4) is 0 Å². The lowest BCUT2D eigenvalue weighted by atomic mass is 10.1. The van der Waals surface area contributed by atoms with Gasteiger partial charge < -0.3 is 19.9 Å². The maximum Gasteiger partial charge on any atom is 0.193 e. The van der Waals surface area contributed by atoms with Gasteiger partial charge in [0.2, 0.25) is 0 Å². The number of H-pyrrole nitrogens is 1. The summed E-state index contributed by atoms with van der Waals surface area (Å²) in [6.07, 6.45) is 11.3. The summed E-state index contributed by atoms with van der Waals surface area (Å²) in [5.41, 5.74) is 3.92. The number of halogens is 1. The van der Waals surface area contributed by atoms with Crippen LogP contribution in [-0.4, -0.2) is 55.2 Å². The van der Waals surface area contributed by atoms with E-state index < -0.39 is 0 Å². The van der Waals surface area contributed by atoms with Crippen molar-refractivity contribution in [3.05, 3.63) is 35.5 Å². The highest BCUT2D eigenvalue weighted by Crippen LogP contribution is 2.26. The third-order valence-corrected chi connectivity index (χ3v) is 6.68. The Bertz CT molecular complexity index is 820. The van der Waals surface area contributed by atoms with Gasteiger partial charge in [0.25, 0.3) is 0 Å². The Hall–Kier alpha value is -1.28. The van der Waals surface area contributed by atoms with E-state index in [1.165, 1.54) is 47.7 Å². The van der Waals surface area contributed by atoms with Gasteiger partial charge in [0.15, 0.2) is 5.96 Å². The van der Waals surface area contributed by atoms with Crippen LogP contribution in [0.2, 0.25) is 0 Å². The average Bonchev–Trinajstić information content (AvgIpc) is 3.41. The predicted octanol–water partition coefficient (Wildman–Crippen LogP) is 4.88. The summed E-state index contributed by atoms with van der Waals surface area (Å²) >= 11 is 0. The number of nitrogens with zero attached hydrogens (tertiary/aromatic N) is 2. The summed E-state index contributed by atoms with van der Waals surface area (Å²) in [6.45, 7) is 6.08. The molecule has 0 amide bonds. The van der Waals surface area contributed by atoms with Crippen LogP contribution < -0.4 is 5.32 Å². The Labute approximate surface area is 198 Å². The van der Waals surface area contributed by atoms with Crippen molar-refractivity contribution < 1.29 is 4.74 Å². The fourth-order valence-corrected chi connectivity index (χ4v) is 4.90. The molecule has 1 aliphatic carbocycles. The van der Waals surface area contributed by atoms with E-state index in [0.29, 0.717) is 6.10 Å². The summed E-state index contributed by atoms with van der Waals surface area (Å²) in [7, 11) is 1.89. The molecule has 4 rings (SSSR count). The topological polar surface area (TPSA) is 52.7 Å². The first-order valence-electron chi connectivity index (χ1n) is 11.4. The van der Waals surface area contributed by atoms with Crippen LogP contribution >= 0.6 is 24.0 Å². The van der Waals surface area contributed by atoms with Crippen LogP contribution in [0.5, 0.6) is 0 Å². The molecule has 0 radical (unpaired) electrons. The second-order valence-corrected chi connectivity index (χ2v) is 8.71. The minimum Gasteiger partial charge on any atom is -0.378 e. The third-order valence-electron chi connectivity index (χ3n) is 6.68. The molecule has 0 spiro atoms. The number of rotatable bonds is 6. The Kier molecular flexibility index (Phi) is 8.86. The maximum absolute atomic E-state index is 6.22. The molecule has 1 saturated heterocycles. The number of ether oxygens (including phenoxy) is 1. The van der Waals surface area contributed by atoms with Crippen molar-refractivity contribution >= 4 is 40.8 Å². The average molecular weight is 524 g/mol. The van der Waals surface area contributed by atoms with Crippen molar-refractivity contribution in [3.63, 3.8) is 0 Å². The number of hydrogen-bond donors (Lipinski definition) is 2. The Morgan fingerprint density at radius 1 is 1.20 bits per heavy atom. The lowest BCUT2D eigenvalue weighted by Crippen LogP contribution is -2.47. The van der Waals surface area contributed by atoms with Crippen LogP contribution in [0.25, 0.3) is 10.9 Å². The molecule has 2 aliphatic rings. The van der Waals surface area contributed by atoms with E-state index in [9.17, 15) is 0 Å². The lowest BCUT2D eigenvalue weighted by Gasteiger charge is -2.34. The number of piperidine rings is 1. The molecule has 2 aromatic rings. The number of aliphatic imine (C=N–C) groups is 1. The first-order valence-corrected chi connectivity index (χ1v) is 11.4. The molecule has 0 bridgehead atoms. The number of likely N-dealkylation sites (tertiary alicyclic amines) is 1. The number of aryl methyl sites for hydroxylation is 1. The number of aromatic amines is 1. The van der Waals surface area contributed by atoms with Gasteiger partial charge in [0.05, 0.1) is 6.10 Å². The van der Waals surface area contributed by atoms with Gasteiger partial charge in [-0.1, -0.05) is 31.0 Å². The quantitative estimate of drug-likeness (QED) is 0.322. The largest absolute Gasteiger partial charge is 0.378 e. The van der Waals surface area contributed by atoms with E-state index in [4.69, 9.17) is 4.74 Å². The van der Waals surface area contributed by atoms with E-state index in [-0.39, 0.29) is 24.0 Å². The van der Waals surface area contributed by atoms with Crippen LogP contribution in [0.1, 0.15) is 49.7 Å². The van der Waals surface area contributed by atoms with Crippen LogP contribution in [0, 0.1) is 12.8 Å². The molecule has 2 fully saturated rings. The minimum atomic E-state index is 0. The van der Waals surface area contributed by atoms with Crippen LogP contribution in [-0.2, 0) is 11.2 Å². The van der Waals surface area contributed by atoms with Gasteiger partial charge in [0, 0.05) is 50.4 Å². The smallest absolute Gasteiger partial charge is 0.193 e. The van der Waals surface area contributed by atoms with E-state index in [1.807, 2.05) is 7.05 Å². The fraction of sp³-hybridized carbons (Fsp3) is 0.625. The molecule has 2 heterocycles. The Balaban J connectivity index is 0.00000256. The highest BCUT2D eigenvalue weighted by Gasteiger charge is 2.23. The molecule has 1 aliphatic heterocycles. The number of nitrogens with one attached hydrogen (secondary N) is 2. The highest BCUT2D eigenvalue weighted by molar-refractivity contribution is 14.0. The predicted molar refractivity (Wildman–Crippen MR) is 136 cm³/mol. The van der Waals surface area contributed by atoms with Crippen LogP contribution in [0.4, 0.5) is 0 Å². The number of para-hydroxylation sites is 1. The molecular weight excluding hydrogens is 487 g/mol. The van der Waals surface area contributed by atoms with Gasteiger partial charge >= 0.3 is 0 Å². The zero-order valence-corrected chi connectivity index (χ0v) is 20.8. The molecule has 1 saturated carbocycles. The normalized spacial score (nSPS) is 18.7. The molecule has 1 aromatic heterocycles. The van der Waals surface area contributed by atoms with Crippen LogP contribution in [0.3, 0.4) is 0 Å². The highest BCUT2D eigenvalue weighted by atomic mass is 127. The van der Waals surface area contributed by atoms with Gasteiger partial charge in [-0.3, -0.25) is 4.99 Å². The Morgan fingerprint density at radius 2 is 1.97 bits per heavy atom. The van der Waals surface area contributed by atoms with Gasteiger partial charge in [0.1, 0.15) is 0 Å². The monoisotopic (exact) mass is 524 g/mol. The van der Waals surface area contributed by atoms with Crippen molar-refractivity contribution in [2.24, 2.45) is 10.9 Å². The number of benzene rings is 1. The van der Waals surface area contributed by atoms with Gasteiger partial charge in [-0.05, 0) is 56.1 Å². The summed E-state index contributed by atoms with van der Waals surface area (Å²) in [4.78, 5) is 10.3. The molecule has 0 atom stereocenters. The Morgan fingerprint density at radius 3 is 2.70 bits per heavy atom. The standard InChI is InChI=1S/C24H36N4O.HI/c1-18-6-5-9-22-20(16-27-23(18)22)10-13-26-24(25-2)28-14-11-21(12-15-28)29-17-19-7-3-4-8-19;/h5-6,9,16,19,21,27H,3-4,7-8,10-15,17H2,1-2H3,(H,25,26);1H. The minimum absolute atomic E-state index is 0. The van der Waals surface area contributed by atoms with E-state index >= 15 is 0 Å². The van der Waals surface area contributed by atoms with E-state index in [1.54, 1.807) is 0 Å². The van der Waals surface area contributed by atoms with Crippen LogP contribution in [0.15, 0.2) is 29.4 Å². The van der Waals surface area contributed by atoms with Crippen molar-refractivity contribution in [2.45, 2.75) is 58.0 Å². The molecular formula is C24H37IN4O. The number of hydrogen-bond acceptors (Lipinski definition) is 2. The van der Waals surface area contributed by atoms with Crippen molar-refractivity contribution in [1.29, 1.82) is 0 Å². The second-order valence-electron chi connectivity index (χ2n) is 8.71. The molecule has 166 valence electrons. The first-order chi connectivity index (χ1) is 14.2. The molecule has 2 N–H and O–H groups in total. The van der Waals surface area contributed by atoms with Gasteiger partial charge in [-0.2, -0.15) is 0 Å². The number of aromatic nitrogens is 1. The van der Waals surface area contributed by atoms with Gasteiger partial charge in [-0.15, -0.1) is 24.0 Å². The fourth-order valence-electron chi connectivity index (χ4n) is 4.90. The zero-order chi connectivity index (χ0) is 20.1. The summed E-state index contributed by atoms with van der Waals surface area (Å²) in [6, 6.07) is 6.50. The maximum atomic E-state index is 6.22. The van der Waals surface area contributed by atoms with Crippen molar-refractivity contribution in [1.82, 2.24) is 15.2 Å². The van der Waals surface area contributed by atoms with Gasteiger partial charge in [-0.25, -0.2) is 0 Å². The third kappa shape index (κ3) is 5.69. The van der Waals surface area contributed by atoms with Crippen molar-refractivity contribution in [2.75, 3.05) is 33.3 Å². The van der Waals surface area contributed by atoms with E-state index in [2.05, 4.69) is 51.5 Å². The van der Waals surface area contributed by atoms with E-state index in [0.717, 1.165) is 57.4 Å². The summed E-state index contributed by atoms with van der Waals surface area (Å²) in [5, 5.41) is 4.90. The lowest BCUT2D eigenvalue weighted by molar-refractivity contribution is 0.00103.